The summed E-state index contributed by atoms with van der Waals surface area (Å²) in [5, 5.41) is 7.43. The van der Waals surface area contributed by atoms with Crippen LogP contribution in [0.3, 0.4) is 0 Å². The summed E-state index contributed by atoms with van der Waals surface area (Å²) < 4.78 is 38.9. The number of nitrogens with zero attached hydrogens (tertiary/aromatic N) is 2. The van der Waals surface area contributed by atoms with Crippen LogP contribution in [0.1, 0.15) is 16.8 Å². The first-order valence-electron chi connectivity index (χ1n) is 6.30. The van der Waals surface area contributed by atoms with Gasteiger partial charge in [-0.05, 0) is 23.8 Å². The summed E-state index contributed by atoms with van der Waals surface area (Å²) >= 11 is 0. The maximum atomic E-state index is 12.4. The van der Waals surface area contributed by atoms with Crippen LogP contribution >= 0.6 is 0 Å². The lowest BCUT2D eigenvalue weighted by Gasteiger charge is -2.08. The van der Waals surface area contributed by atoms with Gasteiger partial charge < -0.3 is 5.32 Å². The van der Waals surface area contributed by atoms with Crippen molar-refractivity contribution in [3.63, 3.8) is 0 Å². The Hall–Kier alpha value is -1.82. The van der Waals surface area contributed by atoms with Gasteiger partial charge in [0.15, 0.2) is 0 Å². The van der Waals surface area contributed by atoms with E-state index in [0.717, 1.165) is 36.4 Å². The van der Waals surface area contributed by atoms with Gasteiger partial charge in [0.2, 0.25) is 0 Å². The maximum Gasteiger partial charge on any atom is 0.416 e. The normalized spacial score (nSPS) is 11.8. The van der Waals surface area contributed by atoms with E-state index in [2.05, 4.69) is 10.4 Å². The number of nitrogens with one attached hydrogen (secondary N) is 1. The van der Waals surface area contributed by atoms with Crippen LogP contribution in [0, 0.1) is 0 Å². The molecule has 0 radical (unpaired) electrons. The molecule has 20 heavy (non-hydrogen) atoms. The predicted octanol–water partition coefficient (Wildman–Crippen LogP) is 2.77. The standard InChI is InChI=1S/C14H16F3N3/c1-20-9-7-13(19-20)6-8-18-10-11-2-4-12(5-3-11)14(15,16)17/h2-5,7,9,18H,6,8,10H2,1H3. The summed E-state index contributed by atoms with van der Waals surface area (Å²) in [5.41, 5.74) is 1.21. The van der Waals surface area contributed by atoms with Gasteiger partial charge in [-0.15, -0.1) is 0 Å². The third-order valence-electron chi connectivity index (χ3n) is 2.94. The van der Waals surface area contributed by atoms with Gasteiger partial charge in [-0.25, -0.2) is 0 Å². The Bertz CT molecular complexity index is 544. The van der Waals surface area contributed by atoms with E-state index in [1.807, 2.05) is 19.3 Å². The molecular weight excluding hydrogens is 267 g/mol. The molecule has 1 N–H and O–H groups in total. The first-order valence-corrected chi connectivity index (χ1v) is 6.30. The second-order valence-corrected chi connectivity index (χ2v) is 4.60. The molecule has 0 fully saturated rings. The van der Waals surface area contributed by atoms with Crippen LogP contribution in [-0.4, -0.2) is 16.3 Å². The number of rotatable bonds is 5. The van der Waals surface area contributed by atoms with Crippen LogP contribution in [0.2, 0.25) is 0 Å². The molecule has 2 aromatic rings. The molecule has 0 amide bonds. The lowest BCUT2D eigenvalue weighted by molar-refractivity contribution is -0.137. The Morgan fingerprint density at radius 3 is 2.40 bits per heavy atom. The highest BCUT2D eigenvalue weighted by Crippen LogP contribution is 2.28. The largest absolute Gasteiger partial charge is 0.416 e. The Kier molecular flexibility index (Phi) is 4.44. The fraction of sp³-hybridized carbons (Fsp3) is 0.357. The van der Waals surface area contributed by atoms with E-state index in [9.17, 15) is 13.2 Å². The average Bonchev–Trinajstić information content (AvgIpc) is 2.80. The zero-order chi connectivity index (χ0) is 14.6. The van der Waals surface area contributed by atoms with Crippen LogP contribution in [0.4, 0.5) is 13.2 Å². The van der Waals surface area contributed by atoms with Crippen molar-refractivity contribution in [1.29, 1.82) is 0 Å². The Morgan fingerprint density at radius 1 is 1.15 bits per heavy atom. The van der Waals surface area contributed by atoms with E-state index in [-0.39, 0.29) is 0 Å². The highest BCUT2D eigenvalue weighted by Gasteiger charge is 2.29. The van der Waals surface area contributed by atoms with E-state index in [1.165, 1.54) is 12.1 Å². The summed E-state index contributed by atoms with van der Waals surface area (Å²) in [7, 11) is 1.86. The monoisotopic (exact) mass is 283 g/mol. The zero-order valence-corrected chi connectivity index (χ0v) is 11.1. The van der Waals surface area contributed by atoms with Gasteiger partial charge in [0.05, 0.1) is 11.3 Å². The van der Waals surface area contributed by atoms with E-state index in [1.54, 1.807) is 4.68 Å². The third kappa shape index (κ3) is 4.09. The minimum atomic E-state index is -4.27. The van der Waals surface area contributed by atoms with E-state index < -0.39 is 11.7 Å². The molecular formula is C14H16F3N3. The number of alkyl halides is 3. The van der Waals surface area contributed by atoms with Crippen molar-refractivity contribution in [2.75, 3.05) is 6.54 Å². The first-order chi connectivity index (χ1) is 9.45. The van der Waals surface area contributed by atoms with E-state index in [0.29, 0.717) is 6.54 Å². The highest BCUT2D eigenvalue weighted by atomic mass is 19.4. The molecule has 6 heteroatoms. The van der Waals surface area contributed by atoms with Crippen molar-refractivity contribution < 1.29 is 13.2 Å². The molecule has 3 nitrogen and oxygen atoms in total. The fourth-order valence-electron chi connectivity index (χ4n) is 1.86. The second-order valence-electron chi connectivity index (χ2n) is 4.60. The fourth-order valence-corrected chi connectivity index (χ4v) is 1.86. The van der Waals surface area contributed by atoms with Gasteiger partial charge in [0, 0.05) is 32.8 Å². The summed E-state index contributed by atoms with van der Waals surface area (Å²) in [6.07, 6.45) is -1.60. The molecule has 0 unspecified atom stereocenters. The predicted molar refractivity (Wildman–Crippen MR) is 70.1 cm³/mol. The summed E-state index contributed by atoms with van der Waals surface area (Å²) in [6, 6.07) is 7.15. The van der Waals surface area contributed by atoms with Gasteiger partial charge in [-0.3, -0.25) is 4.68 Å². The number of hydrogen-bond acceptors (Lipinski definition) is 2. The van der Waals surface area contributed by atoms with Gasteiger partial charge in [-0.1, -0.05) is 12.1 Å². The first kappa shape index (κ1) is 14.6. The summed E-state index contributed by atoms with van der Waals surface area (Å²) in [4.78, 5) is 0. The van der Waals surface area contributed by atoms with Gasteiger partial charge >= 0.3 is 6.18 Å². The highest BCUT2D eigenvalue weighted by molar-refractivity contribution is 5.24. The van der Waals surface area contributed by atoms with Crippen molar-refractivity contribution in [2.45, 2.75) is 19.1 Å². The van der Waals surface area contributed by atoms with Gasteiger partial charge in [0.1, 0.15) is 0 Å². The summed E-state index contributed by atoms with van der Waals surface area (Å²) in [5.74, 6) is 0. The number of hydrogen-bond donors (Lipinski definition) is 1. The molecule has 1 aromatic carbocycles. The van der Waals surface area contributed by atoms with Gasteiger partial charge in [-0.2, -0.15) is 18.3 Å². The number of benzene rings is 1. The SMILES string of the molecule is Cn1ccc(CCNCc2ccc(C(F)(F)F)cc2)n1. The maximum absolute atomic E-state index is 12.4. The van der Waals surface area contributed by atoms with Crippen LogP contribution in [0.5, 0.6) is 0 Å². The average molecular weight is 283 g/mol. The molecule has 2 rings (SSSR count). The number of halogens is 3. The van der Waals surface area contributed by atoms with Gasteiger partial charge in [0.25, 0.3) is 0 Å². The van der Waals surface area contributed by atoms with E-state index in [4.69, 9.17) is 0 Å². The Balaban J connectivity index is 1.77. The van der Waals surface area contributed by atoms with Crippen molar-refractivity contribution in [2.24, 2.45) is 7.05 Å². The number of aromatic nitrogens is 2. The van der Waals surface area contributed by atoms with Crippen LogP contribution < -0.4 is 5.32 Å². The molecule has 0 saturated carbocycles. The van der Waals surface area contributed by atoms with Crippen LogP contribution in [0.25, 0.3) is 0 Å². The molecule has 0 saturated heterocycles. The molecule has 0 bridgehead atoms. The van der Waals surface area contributed by atoms with Crippen molar-refractivity contribution in [1.82, 2.24) is 15.1 Å². The zero-order valence-electron chi connectivity index (χ0n) is 11.1. The number of aryl methyl sites for hydroxylation is 1. The van der Waals surface area contributed by atoms with Crippen molar-refractivity contribution in [3.05, 3.63) is 53.3 Å². The summed E-state index contributed by atoms with van der Waals surface area (Å²) in [6.45, 7) is 1.28. The minimum Gasteiger partial charge on any atom is -0.312 e. The Morgan fingerprint density at radius 2 is 1.85 bits per heavy atom. The van der Waals surface area contributed by atoms with Crippen LogP contribution in [-0.2, 0) is 26.2 Å². The Labute approximate surface area is 115 Å². The topological polar surface area (TPSA) is 29.9 Å². The van der Waals surface area contributed by atoms with Crippen LogP contribution in [0.15, 0.2) is 36.5 Å². The molecule has 0 aliphatic rings. The smallest absolute Gasteiger partial charge is 0.312 e. The van der Waals surface area contributed by atoms with Crippen molar-refractivity contribution in [3.8, 4) is 0 Å². The lowest BCUT2D eigenvalue weighted by atomic mass is 10.1. The molecule has 1 heterocycles. The molecule has 0 atom stereocenters. The quantitative estimate of drug-likeness (QED) is 0.855. The molecule has 108 valence electrons. The molecule has 0 aliphatic heterocycles. The lowest BCUT2D eigenvalue weighted by Crippen LogP contribution is -2.17. The van der Waals surface area contributed by atoms with Crippen molar-refractivity contribution >= 4 is 0 Å². The molecule has 1 aromatic heterocycles. The van der Waals surface area contributed by atoms with E-state index >= 15 is 0 Å². The molecule has 0 aliphatic carbocycles. The minimum absolute atomic E-state index is 0.547. The third-order valence-corrected chi connectivity index (χ3v) is 2.94. The second kappa shape index (κ2) is 6.09. The molecule has 0 spiro atoms.